The Morgan fingerprint density at radius 2 is 1.42 bits per heavy atom. The first kappa shape index (κ1) is 56.8. The van der Waals surface area contributed by atoms with E-state index in [9.17, 15) is 28.8 Å². The molecular weight excluding hydrogens is 839 g/mol. The first-order valence-corrected chi connectivity index (χ1v) is 23.1. The highest BCUT2D eigenvalue weighted by Gasteiger charge is 2.43. The van der Waals surface area contributed by atoms with Crippen LogP contribution in [0.25, 0.3) is 0 Å². The van der Waals surface area contributed by atoms with E-state index in [1.165, 1.54) is 7.11 Å². The van der Waals surface area contributed by atoms with E-state index in [-0.39, 0.29) is 93.7 Å². The molecule has 1 aromatic carbocycles. The number of carboxylic acid groups (broad SMARTS) is 1. The lowest BCUT2D eigenvalue weighted by atomic mass is 9.89. The molecule has 2 rings (SSSR count). The van der Waals surface area contributed by atoms with E-state index >= 15 is 0 Å². The van der Waals surface area contributed by atoms with Crippen molar-refractivity contribution in [2.24, 2.45) is 23.7 Å². The molecule has 1 aliphatic heterocycles. The molecule has 6 amide bonds. The Bertz CT molecular complexity index is 1610. The Balaban J connectivity index is 2.20. The van der Waals surface area contributed by atoms with Gasteiger partial charge in [-0.3, -0.25) is 28.9 Å². The second kappa shape index (κ2) is 29.3. The van der Waals surface area contributed by atoms with Crippen LogP contribution in [0.1, 0.15) is 79.7 Å². The summed E-state index contributed by atoms with van der Waals surface area (Å²) in [6, 6.07) is 6.30. The predicted molar refractivity (Wildman–Crippen MR) is 248 cm³/mol. The lowest BCUT2D eigenvalue weighted by molar-refractivity contribution is -0.148. The SMILES string of the molecule is CCC(C)[C@@H](C(CC(=O)N1CCC[C@H]1[C@H](OC)[C@@H](C)C(=O)N[C@@H](Cc1ccccc1)C(=O)NCCOCCOCCNC(=O)O)OC)N(C)C(=O)[C@@H](NC(=O)[C@H](C(C)C)N(C)C)C(C)C. The minimum Gasteiger partial charge on any atom is -0.465 e. The minimum absolute atomic E-state index is 0.0221. The third-order valence-electron chi connectivity index (χ3n) is 12.3. The molecule has 1 heterocycles. The van der Waals surface area contributed by atoms with Gasteiger partial charge in [0.2, 0.25) is 29.5 Å². The number of rotatable bonds is 30. The molecule has 2 unspecified atom stereocenters. The fourth-order valence-electron chi connectivity index (χ4n) is 8.70. The third kappa shape index (κ3) is 18.1. The Hall–Kier alpha value is -4.36. The van der Waals surface area contributed by atoms with Gasteiger partial charge in [-0.2, -0.15) is 0 Å². The quantitative estimate of drug-likeness (QED) is 0.0705. The lowest BCUT2D eigenvalue weighted by Gasteiger charge is -2.41. The van der Waals surface area contributed by atoms with E-state index in [0.717, 1.165) is 5.56 Å². The summed E-state index contributed by atoms with van der Waals surface area (Å²) in [4.78, 5) is 85.6. The van der Waals surface area contributed by atoms with Crippen molar-refractivity contribution < 1.29 is 52.8 Å². The summed E-state index contributed by atoms with van der Waals surface area (Å²) >= 11 is 0. The molecule has 65 heavy (non-hydrogen) atoms. The number of benzene rings is 1. The van der Waals surface area contributed by atoms with Gasteiger partial charge in [-0.1, -0.05) is 85.2 Å². The first-order chi connectivity index (χ1) is 30.8. The van der Waals surface area contributed by atoms with Gasteiger partial charge >= 0.3 is 6.09 Å². The van der Waals surface area contributed by atoms with Crippen molar-refractivity contribution in [1.82, 2.24) is 36.0 Å². The standard InChI is InChI=1S/C47H81N7O11/c1-13-32(6)41(53(10)46(59)39(30(2)3)51-45(58)40(31(4)5)52(8)9)37(62-11)29-38(55)54-23-17-20-36(54)42(63-12)33(7)43(56)50-35(28-34-18-15-14-16-19-34)44(57)48-21-24-64-26-27-65-25-22-49-47(60)61/h14-16,18-19,30-33,35-37,39-42,49H,13,17,20-29H2,1-12H3,(H,48,57)(H,50,56)(H,51,58)(H,60,61)/t32?,33-,35+,36+,37?,39+,40+,41+,42-/m1/s1. The van der Waals surface area contributed by atoms with Gasteiger partial charge in [-0.25, -0.2) is 4.79 Å². The van der Waals surface area contributed by atoms with Crippen molar-refractivity contribution in [2.75, 3.05) is 81.4 Å². The highest BCUT2D eigenvalue weighted by Crippen LogP contribution is 2.30. The maximum absolute atomic E-state index is 14.4. The zero-order valence-electron chi connectivity index (χ0n) is 41.1. The van der Waals surface area contributed by atoms with Crippen LogP contribution in [0.5, 0.6) is 0 Å². The van der Waals surface area contributed by atoms with E-state index in [0.29, 0.717) is 25.8 Å². The van der Waals surface area contributed by atoms with Gasteiger partial charge in [-0.05, 0) is 50.3 Å². The molecule has 370 valence electrons. The summed E-state index contributed by atoms with van der Waals surface area (Å²) in [5, 5.41) is 19.7. The summed E-state index contributed by atoms with van der Waals surface area (Å²) in [5.41, 5.74) is 0.853. The minimum atomic E-state index is -1.12. The zero-order valence-corrected chi connectivity index (χ0v) is 41.1. The number of carbonyl (C=O) groups is 6. The number of likely N-dealkylation sites (N-methyl/N-ethyl adjacent to an activating group) is 2. The van der Waals surface area contributed by atoms with Crippen LogP contribution in [-0.4, -0.2) is 179 Å². The molecule has 0 saturated carbocycles. The topological polar surface area (TPSA) is 217 Å². The molecular formula is C47H81N7O11. The van der Waals surface area contributed by atoms with Gasteiger partial charge < -0.3 is 55.1 Å². The molecule has 0 aromatic heterocycles. The molecule has 18 heteroatoms. The van der Waals surface area contributed by atoms with Gasteiger partial charge in [0.15, 0.2) is 0 Å². The normalized spacial score (nSPS) is 17.7. The van der Waals surface area contributed by atoms with E-state index < -0.39 is 60.3 Å². The molecule has 0 spiro atoms. The monoisotopic (exact) mass is 920 g/mol. The van der Waals surface area contributed by atoms with E-state index in [1.54, 1.807) is 30.9 Å². The summed E-state index contributed by atoms with van der Waals surface area (Å²) in [6.45, 7) is 15.2. The smallest absolute Gasteiger partial charge is 0.404 e. The van der Waals surface area contributed by atoms with Crippen molar-refractivity contribution >= 4 is 35.6 Å². The highest BCUT2D eigenvalue weighted by atomic mass is 16.5. The number of methoxy groups -OCH3 is 2. The summed E-state index contributed by atoms with van der Waals surface area (Å²) < 4.78 is 22.9. The largest absolute Gasteiger partial charge is 0.465 e. The Morgan fingerprint density at radius 3 is 1.94 bits per heavy atom. The van der Waals surface area contributed by atoms with Crippen LogP contribution in [-0.2, 0) is 49.3 Å². The van der Waals surface area contributed by atoms with Crippen LogP contribution in [0.15, 0.2) is 30.3 Å². The van der Waals surface area contributed by atoms with Crippen molar-refractivity contribution in [3.63, 3.8) is 0 Å². The van der Waals surface area contributed by atoms with Crippen LogP contribution in [0.3, 0.4) is 0 Å². The van der Waals surface area contributed by atoms with E-state index in [1.807, 2.05) is 90.9 Å². The number of hydrogen-bond acceptors (Lipinski definition) is 11. The van der Waals surface area contributed by atoms with Gasteiger partial charge in [0.1, 0.15) is 12.1 Å². The molecule has 18 nitrogen and oxygen atoms in total. The molecule has 1 fully saturated rings. The Labute approximate surface area is 387 Å². The van der Waals surface area contributed by atoms with Crippen molar-refractivity contribution in [3.05, 3.63) is 35.9 Å². The number of likely N-dealkylation sites (tertiary alicyclic amines) is 1. The molecule has 1 saturated heterocycles. The molecule has 1 aliphatic rings. The summed E-state index contributed by atoms with van der Waals surface area (Å²) in [5.74, 6) is -2.45. The fraction of sp³-hybridized carbons (Fsp3) is 0.745. The number of nitrogens with zero attached hydrogens (tertiary/aromatic N) is 3. The van der Waals surface area contributed by atoms with Crippen LogP contribution >= 0.6 is 0 Å². The number of nitrogens with one attached hydrogen (secondary N) is 4. The second-order valence-electron chi connectivity index (χ2n) is 18.0. The zero-order chi connectivity index (χ0) is 48.8. The van der Waals surface area contributed by atoms with E-state index in [2.05, 4.69) is 21.3 Å². The number of ether oxygens (including phenoxy) is 4. The molecule has 9 atom stereocenters. The maximum Gasteiger partial charge on any atom is 0.404 e. The molecule has 0 bridgehead atoms. The number of hydrogen-bond donors (Lipinski definition) is 5. The van der Waals surface area contributed by atoms with Gasteiger partial charge in [0.25, 0.3) is 0 Å². The van der Waals surface area contributed by atoms with Crippen molar-refractivity contribution in [1.29, 1.82) is 0 Å². The predicted octanol–water partition coefficient (Wildman–Crippen LogP) is 2.78. The highest BCUT2D eigenvalue weighted by molar-refractivity contribution is 5.90. The summed E-state index contributed by atoms with van der Waals surface area (Å²) in [6.07, 6.45) is -0.266. The van der Waals surface area contributed by atoms with E-state index in [4.69, 9.17) is 24.1 Å². The van der Waals surface area contributed by atoms with Crippen LogP contribution in [0.2, 0.25) is 0 Å². The maximum atomic E-state index is 14.4. The fourth-order valence-corrected chi connectivity index (χ4v) is 8.70. The molecule has 5 N–H and O–H groups in total. The van der Waals surface area contributed by atoms with Crippen molar-refractivity contribution in [3.8, 4) is 0 Å². The van der Waals surface area contributed by atoms with Gasteiger partial charge in [0.05, 0.1) is 69.1 Å². The lowest BCUT2D eigenvalue weighted by Crippen LogP contribution is -2.59. The summed E-state index contributed by atoms with van der Waals surface area (Å²) in [7, 11) is 8.47. The van der Waals surface area contributed by atoms with Gasteiger partial charge in [-0.15, -0.1) is 0 Å². The Kier molecular flexibility index (Phi) is 25.6. The number of carbonyl (C=O) groups excluding carboxylic acids is 5. The molecule has 1 aromatic rings. The van der Waals surface area contributed by atoms with Crippen LogP contribution in [0, 0.1) is 23.7 Å². The van der Waals surface area contributed by atoms with Crippen LogP contribution in [0.4, 0.5) is 4.79 Å². The second-order valence-corrected chi connectivity index (χ2v) is 18.0. The third-order valence-corrected chi connectivity index (χ3v) is 12.3. The average molecular weight is 920 g/mol. The van der Waals surface area contributed by atoms with Gasteiger partial charge in [0, 0.05) is 47.3 Å². The van der Waals surface area contributed by atoms with Crippen molar-refractivity contribution in [2.45, 2.75) is 123 Å². The average Bonchev–Trinajstić information content (AvgIpc) is 3.75. The first-order valence-electron chi connectivity index (χ1n) is 23.1. The van der Waals surface area contributed by atoms with Crippen LogP contribution < -0.4 is 21.3 Å². The molecule has 0 aliphatic carbocycles. The molecule has 0 radical (unpaired) electrons. The Morgan fingerprint density at radius 1 is 0.800 bits per heavy atom. The number of amides is 6.